The fraction of sp³-hybridized carbons (Fsp3) is 0.267. The van der Waals surface area contributed by atoms with Gasteiger partial charge in [-0.2, -0.15) is 0 Å². The minimum absolute atomic E-state index is 0. The Balaban J connectivity index is 0.00000220. The molecule has 5 nitrogen and oxygen atoms in total. The number of anilines is 1. The molecule has 21 heavy (non-hydrogen) atoms. The molecule has 0 unspecified atom stereocenters. The molecule has 1 aromatic heterocycles. The van der Waals surface area contributed by atoms with Crippen molar-refractivity contribution in [3.63, 3.8) is 0 Å². The topological polar surface area (TPSA) is 72.8 Å². The second-order valence-electron chi connectivity index (χ2n) is 4.60. The fourth-order valence-corrected chi connectivity index (χ4v) is 1.64. The second kappa shape index (κ2) is 8.56. The van der Waals surface area contributed by atoms with E-state index in [1.54, 1.807) is 6.26 Å². The summed E-state index contributed by atoms with van der Waals surface area (Å²) in [5, 5.41) is 3.02. The van der Waals surface area contributed by atoms with E-state index in [0.717, 1.165) is 17.2 Å². The normalized spacial score (nSPS) is 11.1. The van der Waals surface area contributed by atoms with Crippen molar-refractivity contribution in [2.75, 3.05) is 5.32 Å². The Labute approximate surface area is 141 Å². The quantitative estimate of drug-likeness (QED) is 0.456. The van der Waals surface area contributed by atoms with Gasteiger partial charge >= 0.3 is 0 Å². The summed E-state index contributed by atoms with van der Waals surface area (Å²) in [4.78, 5) is 4.19. The fourth-order valence-electron chi connectivity index (χ4n) is 1.64. The number of nitrogens with two attached hydrogens (primary N) is 1. The molecule has 6 heteroatoms. The number of furan rings is 1. The molecule has 3 N–H and O–H groups in total. The lowest BCUT2D eigenvalue weighted by Crippen LogP contribution is -2.22. The maximum Gasteiger partial charge on any atom is 0.193 e. The first kappa shape index (κ1) is 17.4. The molecule has 2 aromatic rings. The molecular weight excluding hydrogens is 381 g/mol. The number of ether oxygens (including phenoxy) is 1. The van der Waals surface area contributed by atoms with Gasteiger partial charge in [-0.1, -0.05) is 0 Å². The van der Waals surface area contributed by atoms with Crippen LogP contribution in [-0.4, -0.2) is 12.1 Å². The summed E-state index contributed by atoms with van der Waals surface area (Å²) in [6.07, 6.45) is 1.77. The smallest absolute Gasteiger partial charge is 0.193 e. The lowest BCUT2D eigenvalue weighted by Gasteiger charge is -2.10. The van der Waals surface area contributed by atoms with Crippen LogP contribution in [0.15, 0.2) is 52.1 Å². The third kappa shape index (κ3) is 6.07. The van der Waals surface area contributed by atoms with Gasteiger partial charge in [0.05, 0.1) is 12.4 Å². The average molecular weight is 401 g/mol. The Morgan fingerprint density at radius 3 is 2.57 bits per heavy atom. The summed E-state index contributed by atoms with van der Waals surface area (Å²) < 4.78 is 10.7. The molecular formula is C15H20IN3O2. The molecule has 1 heterocycles. The van der Waals surface area contributed by atoms with Crippen molar-refractivity contribution in [3.05, 3.63) is 48.4 Å². The highest BCUT2D eigenvalue weighted by Crippen LogP contribution is 2.16. The monoisotopic (exact) mass is 401 g/mol. The van der Waals surface area contributed by atoms with Crippen molar-refractivity contribution >= 4 is 35.6 Å². The molecule has 0 radical (unpaired) electrons. The molecule has 0 bridgehead atoms. The van der Waals surface area contributed by atoms with E-state index in [4.69, 9.17) is 14.9 Å². The SMILES string of the molecule is CC(C)Oc1ccc(NC(N)=NCc2ccco2)cc1.I. The number of guanidine groups is 1. The van der Waals surface area contributed by atoms with Crippen molar-refractivity contribution in [1.82, 2.24) is 0 Å². The zero-order valence-corrected chi connectivity index (χ0v) is 14.4. The summed E-state index contributed by atoms with van der Waals surface area (Å²) in [6, 6.07) is 11.3. The van der Waals surface area contributed by atoms with Gasteiger partial charge in [-0.25, -0.2) is 4.99 Å². The number of aliphatic imine (C=N–C) groups is 1. The van der Waals surface area contributed by atoms with Gasteiger partial charge in [0.15, 0.2) is 5.96 Å². The van der Waals surface area contributed by atoms with Crippen LogP contribution in [0.3, 0.4) is 0 Å². The number of benzene rings is 1. The molecule has 0 aliphatic rings. The Bertz CT molecular complexity index is 551. The van der Waals surface area contributed by atoms with Gasteiger partial charge < -0.3 is 20.2 Å². The number of hydrogen-bond donors (Lipinski definition) is 2. The molecule has 1 aromatic carbocycles. The predicted molar refractivity (Wildman–Crippen MR) is 95.3 cm³/mol. The maximum absolute atomic E-state index is 5.81. The highest BCUT2D eigenvalue weighted by Gasteiger charge is 2.00. The van der Waals surface area contributed by atoms with E-state index in [1.165, 1.54) is 0 Å². The van der Waals surface area contributed by atoms with Crippen LogP contribution in [0.25, 0.3) is 0 Å². The standard InChI is InChI=1S/C15H19N3O2.HI/c1-11(2)20-13-7-5-12(6-8-13)18-15(16)17-10-14-4-3-9-19-14;/h3-9,11H,10H2,1-2H3,(H3,16,17,18);1H. The number of nitrogens with one attached hydrogen (secondary N) is 1. The Morgan fingerprint density at radius 1 is 1.29 bits per heavy atom. The summed E-state index contributed by atoms with van der Waals surface area (Å²) in [7, 11) is 0. The average Bonchev–Trinajstić information content (AvgIpc) is 2.91. The second-order valence-corrected chi connectivity index (χ2v) is 4.60. The van der Waals surface area contributed by atoms with E-state index in [2.05, 4.69) is 10.3 Å². The van der Waals surface area contributed by atoms with Crippen LogP contribution < -0.4 is 15.8 Å². The van der Waals surface area contributed by atoms with Gasteiger partial charge in [-0.15, -0.1) is 24.0 Å². The van der Waals surface area contributed by atoms with Crippen LogP contribution in [0, 0.1) is 0 Å². The van der Waals surface area contributed by atoms with E-state index in [-0.39, 0.29) is 30.1 Å². The third-order valence-corrected chi connectivity index (χ3v) is 2.48. The molecule has 0 saturated heterocycles. The number of hydrogen-bond acceptors (Lipinski definition) is 3. The lowest BCUT2D eigenvalue weighted by atomic mass is 10.3. The summed E-state index contributed by atoms with van der Waals surface area (Å²) >= 11 is 0. The van der Waals surface area contributed by atoms with Gasteiger partial charge in [0.2, 0.25) is 0 Å². The zero-order valence-electron chi connectivity index (χ0n) is 12.1. The van der Waals surface area contributed by atoms with Crippen molar-refractivity contribution in [3.8, 4) is 5.75 Å². The van der Waals surface area contributed by atoms with Gasteiger partial charge in [-0.3, -0.25) is 0 Å². The van der Waals surface area contributed by atoms with E-state index in [1.807, 2.05) is 50.2 Å². The Kier molecular flexibility index (Phi) is 7.07. The number of rotatable bonds is 5. The van der Waals surface area contributed by atoms with E-state index < -0.39 is 0 Å². The molecule has 114 valence electrons. The zero-order chi connectivity index (χ0) is 14.4. The van der Waals surface area contributed by atoms with Crippen molar-refractivity contribution in [1.29, 1.82) is 0 Å². The van der Waals surface area contributed by atoms with Gasteiger partial charge in [0.25, 0.3) is 0 Å². The van der Waals surface area contributed by atoms with E-state index >= 15 is 0 Å². The number of nitrogens with zero attached hydrogens (tertiary/aromatic N) is 1. The number of halogens is 1. The Hall–Kier alpha value is -1.70. The largest absolute Gasteiger partial charge is 0.491 e. The molecule has 0 atom stereocenters. The van der Waals surface area contributed by atoms with Crippen molar-refractivity contribution in [2.24, 2.45) is 10.7 Å². The molecule has 0 fully saturated rings. The molecule has 0 aliphatic carbocycles. The van der Waals surface area contributed by atoms with Crippen LogP contribution in [0.4, 0.5) is 5.69 Å². The molecule has 0 amide bonds. The molecule has 0 saturated carbocycles. The molecule has 0 spiro atoms. The van der Waals surface area contributed by atoms with E-state index in [9.17, 15) is 0 Å². The minimum atomic E-state index is 0. The van der Waals surface area contributed by atoms with Crippen LogP contribution in [-0.2, 0) is 6.54 Å². The first-order valence-corrected chi connectivity index (χ1v) is 6.49. The van der Waals surface area contributed by atoms with Crippen LogP contribution in [0.5, 0.6) is 5.75 Å². The third-order valence-electron chi connectivity index (χ3n) is 2.48. The van der Waals surface area contributed by atoms with E-state index in [0.29, 0.717) is 12.5 Å². The van der Waals surface area contributed by atoms with Crippen LogP contribution >= 0.6 is 24.0 Å². The summed E-state index contributed by atoms with van der Waals surface area (Å²) in [5.74, 6) is 1.95. The predicted octanol–water partition coefficient (Wildman–Crippen LogP) is 3.61. The van der Waals surface area contributed by atoms with Gasteiger partial charge in [-0.05, 0) is 50.2 Å². The molecule has 0 aliphatic heterocycles. The van der Waals surface area contributed by atoms with Crippen LogP contribution in [0.1, 0.15) is 19.6 Å². The highest BCUT2D eigenvalue weighted by atomic mass is 127. The summed E-state index contributed by atoms with van der Waals surface area (Å²) in [6.45, 7) is 4.40. The van der Waals surface area contributed by atoms with Crippen molar-refractivity contribution < 1.29 is 9.15 Å². The Morgan fingerprint density at radius 2 is 2.00 bits per heavy atom. The maximum atomic E-state index is 5.81. The van der Waals surface area contributed by atoms with Crippen molar-refractivity contribution in [2.45, 2.75) is 26.5 Å². The van der Waals surface area contributed by atoms with Gasteiger partial charge in [0.1, 0.15) is 18.1 Å². The summed E-state index contributed by atoms with van der Waals surface area (Å²) in [5.41, 5.74) is 6.67. The van der Waals surface area contributed by atoms with Gasteiger partial charge in [0, 0.05) is 5.69 Å². The molecule has 2 rings (SSSR count). The first-order chi connectivity index (χ1) is 9.63. The minimum Gasteiger partial charge on any atom is -0.491 e. The first-order valence-electron chi connectivity index (χ1n) is 6.49. The highest BCUT2D eigenvalue weighted by molar-refractivity contribution is 14.0. The van der Waals surface area contributed by atoms with Crippen LogP contribution in [0.2, 0.25) is 0 Å². The lowest BCUT2D eigenvalue weighted by molar-refractivity contribution is 0.242.